The van der Waals surface area contributed by atoms with Gasteiger partial charge in [0, 0.05) is 61.7 Å². The second-order valence-electron chi connectivity index (χ2n) is 10.4. The zero-order valence-electron chi connectivity index (χ0n) is 21.2. The van der Waals surface area contributed by atoms with Gasteiger partial charge in [-0.25, -0.2) is 9.37 Å². The summed E-state index contributed by atoms with van der Waals surface area (Å²) < 4.78 is 24.2. The van der Waals surface area contributed by atoms with E-state index in [1.54, 1.807) is 31.6 Å². The van der Waals surface area contributed by atoms with Crippen LogP contribution in [0.25, 0.3) is 33.2 Å². The zero-order valence-corrected chi connectivity index (χ0v) is 23.0. The van der Waals surface area contributed by atoms with E-state index >= 15 is 0 Å². The third-order valence-corrected chi connectivity index (χ3v) is 8.25. The van der Waals surface area contributed by atoms with Crippen molar-refractivity contribution in [3.63, 3.8) is 0 Å². The normalized spacial score (nSPS) is 12.1. The maximum Gasteiger partial charge on any atom is 0.274 e. The molecule has 0 unspecified atom stereocenters. The minimum atomic E-state index is -1.20. The lowest BCUT2D eigenvalue weighted by molar-refractivity contribution is 0.0899. The van der Waals surface area contributed by atoms with Gasteiger partial charge < -0.3 is 24.2 Å². The highest BCUT2D eigenvalue weighted by Crippen LogP contribution is 2.36. The summed E-state index contributed by atoms with van der Waals surface area (Å²) in [6.07, 6.45) is 5.43. The monoisotopic (exact) mass is 537 g/mol. The Hall–Kier alpha value is -3.40. The van der Waals surface area contributed by atoms with Crippen LogP contribution in [0.1, 0.15) is 0 Å². The van der Waals surface area contributed by atoms with E-state index in [-0.39, 0.29) is 11.2 Å². The van der Waals surface area contributed by atoms with Gasteiger partial charge in [-0.05, 0) is 42.4 Å². The molecule has 37 heavy (non-hydrogen) atoms. The molecule has 2 N–H and O–H groups in total. The first-order chi connectivity index (χ1) is 17.6. The van der Waals surface area contributed by atoms with Crippen molar-refractivity contribution in [1.82, 2.24) is 19.1 Å². The Bertz CT molecular complexity index is 1670. The van der Waals surface area contributed by atoms with Crippen LogP contribution in [0.5, 0.6) is 0 Å². The topological polar surface area (TPSA) is 76.9 Å². The molecule has 0 bridgehead atoms. The second-order valence-corrected chi connectivity index (χ2v) is 16.5. The summed E-state index contributed by atoms with van der Waals surface area (Å²) in [6, 6.07) is 11.3. The Balaban J connectivity index is 1.63. The van der Waals surface area contributed by atoms with Gasteiger partial charge in [-0.1, -0.05) is 31.2 Å². The fourth-order valence-corrected chi connectivity index (χ4v) is 5.17. The highest BCUT2D eigenvalue weighted by Gasteiger charge is 2.19. The number of hydrogen-bond acceptors (Lipinski definition) is 4. The van der Waals surface area contributed by atoms with E-state index in [9.17, 15) is 9.18 Å². The lowest BCUT2D eigenvalue weighted by atomic mass is 10.1. The Morgan fingerprint density at radius 1 is 1.16 bits per heavy atom. The molecule has 0 aliphatic heterocycles. The van der Waals surface area contributed by atoms with Gasteiger partial charge in [0.1, 0.15) is 23.7 Å². The number of fused-ring (bicyclic) bond motifs is 2. The van der Waals surface area contributed by atoms with Crippen LogP contribution < -0.4 is 10.9 Å². The number of nitrogens with zero attached hydrogens (tertiary/aromatic N) is 3. The highest BCUT2D eigenvalue weighted by molar-refractivity contribution is 6.76. The van der Waals surface area contributed by atoms with Crippen molar-refractivity contribution in [2.75, 3.05) is 11.9 Å². The van der Waals surface area contributed by atoms with Crippen molar-refractivity contribution in [3.05, 3.63) is 76.2 Å². The standard InChI is InChI=1S/C27H29ClFN5O2Si/c1-33-15-20(19-7-9-30-25(19)27(33)35)24-23(31-22-6-5-18(28)14-21(22)29)13-17-8-10-34(26(17)32-24)16-36-11-12-37(2,3)4/h5-10,13-15,30-31H,11-12,16H2,1-4H3. The van der Waals surface area contributed by atoms with Gasteiger partial charge in [0.25, 0.3) is 5.56 Å². The van der Waals surface area contributed by atoms with E-state index < -0.39 is 13.9 Å². The van der Waals surface area contributed by atoms with Crippen LogP contribution in [0.4, 0.5) is 15.8 Å². The minimum Gasteiger partial charge on any atom is -0.361 e. The molecule has 0 amide bonds. The second kappa shape index (κ2) is 9.81. The number of aromatic amines is 1. The Morgan fingerprint density at radius 3 is 2.73 bits per heavy atom. The molecule has 4 aromatic heterocycles. The number of rotatable bonds is 8. The molecular formula is C27H29ClFN5O2Si. The minimum absolute atomic E-state index is 0.137. The first-order valence-electron chi connectivity index (χ1n) is 12.1. The fourth-order valence-electron chi connectivity index (χ4n) is 4.25. The predicted octanol–water partition coefficient (Wildman–Crippen LogP) is 6.73. The summed E-state index contributed by atoms with van der Waals surface area (Å²) in [5.74, 6) is -0.473. The lowest BCUT2D eigenvalue weighted by Crippen LogP contribution is -2.22. The summed E-state index contributed by atoms with van der Waals surface area (Å²) in [7, 11) is 0.504. The highest BCUT2D eigenvalue weighted by atomic mass is 35.5. The van der Waals surface area contributed by atoms with Crippen molar-refractivity contribution in [1.29, 1.82) is 0 Å². The number of pyridine rings is 2. The molecule has 4 heterocycles. The average Bonchev–Trinajstić information content (AvgIpc) is 3.47. The average molecular weight is 538 g/mol. The molecule has 0 spiro atoms. The van der Waals surface area contributed by atoms with Gasteiger partial charge in [0.05, 0.1) is 17.1 Å². The molecular weight excluding hydrogens is 509 g/mol. The predicted molar refractivity (Wildman–Crippen MR) is 151 cm³/mol. The van der Waals surface area contributed by atoms with Gasteiger partial charge in [-0.2, -0.15) is 0 Å². The van der Waals surface area contributed by atoms with Crippen LogP contribution in [-0.2, 0) is 18.5 Å². The molecule has 7 nitrogen and oxygen atoms in total. The van der Waals surface area contributed by atoms with Crippen molar-refractivity contribution in [3.8, 4) is 11.3 Å². The molecule has 0 atom stereocenters. The molecule has 0 aliphatic rings. The summed E-state index contributed by atoms with van der Waals surface area (Å²) >= 11 is 5.96. The van der Waals surface area contributed by atoms with Gasteiger partial charge in [-0.3, -0.25) is 4.79 Å². The van der Waals surface area contributed by atoms with E-state index in [1.165, 1.54) is 10.6 Å². The van der Waals surface area contributed by atoms with E-state index in [1.807, 2.05) is 29.0 Å². The van der Waals surface area contributed by atoms with E-state index in [2.05, 4.69) is 29.9 Å². The quantitative estimate of drug-likeness (QED) is 0.170. The van der Waals surface area contributed by atoms with Crippen molar-refractivity contribution in [2.24, 2.45) is 7.05 Å². The van der Waals surface area contributed by atoms with Crippen molar-refractivity contribution < 1.29 is 9.13 Å². The zero-order chi connectivity index (χ0) is 26.3. The van der Waals surface area contributed by atoms with Crippen LogP contribution in [0.3, 0.4) is 0 Å². The molecule has 0 saturated heterocycles. The number of aromatic nitrogens is 4. The third-order valence-electron chi connectivity index (χ3n) is 6.31. The van der Waals surface area contributed by atoms with Crippen LogP contribution in [0.2, 0.25) is 30.7 Å². The van der Waals surface area contributed by atoms with Crippen LogP contribution in [0, 0.1) is 5.82 Å². The smallest absolute Gasteiger partial charge is 0.274 e. The van der Waals surface area contributed by atoms with Crippen molar-refractivity contribution in [2.45, 2.75) is 32.4 Å². The van der Waals surface area contributed by atoms with Crippen LogP contribution in [0.15, 0.2) is 59.8 Å². The van der Waals surface area contributed by atoms with Crippen LogP contribution >= 0.6 is 11.6 Å². The summed E-state index contributed by atoms with van der Waals surface area (Å²) in [6.45, 7) is 8.04. The summed E-state index contributed by atoms with van der Waals surface area (Å²) in [4.78, 5) is 20.7. The molecule has 5 rings (SSSR count). The summed E-state index contributed by atoms with van der Waals surface area (Å²) in [5.41, 5.74) is 3.29. The molecule has 5 aromatic rings. The number of halogens is 2. The molecule has 0 saturated carbocycles. The molecule has 10 heteroatoms. The molecule has 0 fully saturated rings. The molecule has 0 radical (unpaired) electrons. The Morgan fingerprint density at radius 2 is 1.97 bits per heavy atom. The van der Waals surface area contributed by atoms with E-state index in [0.717, 1.165) is 28.0 Å². The number of nitrogens with one attached hydrogen (secondary N) is 2. The first-order valence-corrected chi connectivity index (χ1v) is 16.2. The first kappa shape index (κ1) is 25.3. The SMILES string of the molecule is Cn1cc(-c2nc3c(ccn3COCC[Si](C)(C)C)cc2Nc2ccc(Cl)cc2F)c2cc[nH]c2c1=O. The van der Waals surface area contributed by atoms with Gasteiger partial charge in [0.2, 0.25) is 0 Å². The van der Waals surface area contributed by atoms with Gasteiger partial charge in [-0.15, -0.1) is 0 Å². The largest absolute Gasteiger partial charge is 0.361 e. The number of benzene rings is 1. The maximum atomic E-state index is 14.7. The number of anilines is 2. The molecule has 192 valence electrons. The van der Waals surface area contributed by atoms with E-state index in [0.29, 0.717) is 35.3 Å². The van der Waals surface area contributed by atoms with Crippen molar-refractivity contribution >= 4 is 53.0 Å². The number of ether oxygens (including phenoxy) is 1. The number of H-pyrrole nitrogens is 1. The summed E-state index contributed by atoms with van der Waals surface area (Å²) in [5, 5.41) is 5.13. The van der Waals surface area contributed by atoms with Gasteiger partial charge >= 0.3 is 0 Å². The maximum absolute atomic E-state index is 14.7. The molecule has 1 aromatic carbocycles. The number of hydrogen-bond donors (Lipinski definition) is 2. The van der Waals surface area contributed by atoms with Crippen LogP contribution in [-0.4, -0.2) is 33.8 Å². The Kier molecular flexibility index (Phi) is 6.70. The van der Waals surface area contributed by atoms with E-state index in [4.69, 9.17) is 21.3 Å². The van der Waals surface area contributed by atoms with Gasteiger partial charge in [0.15, 0.2) is 0 Å². The Labute approximate surface area is 219 Å². The third kappa shape index (κ3) is 5.20. The lowest BCUT2D eigenvalue weighted by Gasteiger charge is -2.17. The number of aryl methyl sites for hydroxylation is 1. The fraction of sp³-hybridized carbons (Fsp3) is 0.259. The molecule has 0 aliphatic carbocycles.